The van der Waals surface area contributed by atoms with Gasteiger partial charge in [0, 0.05) is 5.56 Å². The van der Waals surface area contributed by atoms with Crippen LogP contribution in [0, 0.1) is 0 Å². The van der Waals surface area contributed by atoms with Gasteiger partial charge in [0.25, 0.3) is 5.91 Å². The fourth-order valence-corrected chi connectivity index (χ4v) is 2.24. The molecule has 23 heavy (non-hydrogen) atoms. The zero-order chi connectivity index (χ0) is 17.0. The van der Waals surface area contributed by atoms with Crippen LogP contribution in [0.25, 0.3) is 0 Å². The lowest BCUT2D eigenvalue weighted by Crippen LogP contribution is -2.47. The quantitative estimate of drug-likeness (QED) is 0.584. The van der Waals surface area contributed by atoms with Crippen LogP contribution in [0.4, 0.5) is 5.69 Å². The molecule has 0 bridgehead atoms. The van der Waals surface area contributed by atoms with E-state index in [9.17, 15) is 14.4 Å². The van der Waals surface area contributed by atoms with Gasteiger partial charge >= 0.3 is 5.97 Å². The zero-order valence-electron chi connectivity index (χ0n) is 13.3. The molecule has 0 aromatic heterocycles. The molecule has 0 saturated carbocycles. The van der Waals surface area contributed by atoms with Gasteiger partial charge < -0.3 is 14.2 Å². The first-order chi connectivity index (χ1) is 11.0. The van der Waals surface area contributed by atoms with Crippen LogP contribution in [0.15, 0.2) is 12.1 Å². The van der Waals surface area contributed by atoms with Crippen molar-refractivity contribution in [2.24, 2.45) is 0 Å². The first kappa shape index (κ1) is 16.8. The van der Waals surface area contributed by atoms with Crippen molar-refractivity contribution in [3.8, 4) is 11.5 Å². The Morgan fingerprint density at radius 2 is 2.17 bits per heavy atom. The molecule has 1 heterocycles. The highest BCUT2D eigenvalue weighted by Crippen LogP contribution is 2.42. The molecule has 1 aliphatic rings. The number of rotatable bonds is 6. The van der Waals surface area contributed by atoms with Gasteiger partial charge in [0.2, 0.25) is 0 Å². The molecule has 7 nitrogen and oxygen atoms in total. The second kappa shape index (κ2) is 7.13. The Morgan fingerprint density at radius 1 is 1.43 bits per heavy atom. The minimum Gasteiger partial charge on any atom is -0.490 e. The van der Waals surface area contributed by atoms with Gasteiger partial charge in [-0.25, -0.2) is 0 Å². The van der Waals surface area contributed by atoms with Crippen molar-refractivity contribution in [3.63, 3.8) is 0 Å². The molecule has 2 rings (SSSR count). The third kappa shape index (κ3) is 3.44. The molecule has 1 aromatic rings. The number of nitrogens with zero attached hydrogens (tertiary/aromatic N) is 1. The predicted molar refractivity (Wildman–Crippen MR) is 82.1 cm³/mol. The lowest BCUT2D eigenvalue weighted by Gasteiger charge is -2.33. The summed E-state index contributed by atoms with van der Waals surface area (Å²) < 4.78 is 15.9. The average Bonchev–Trinajstić information content (AvgIpc) is 2.56. The van der Waals surface area contributed by atoms with Crippen LogP contribution in [0.5, 0.6) is 11.5 Å². The Labute approximate surface area is 134 Å². The molecule has 1 amide bonds. The normalized spacial score (nSPS) is 16.4. The standard InChI is InChI=1S/C16H19NO6/c1-4-5-22-13-7-11(9-18)6-12-15(13)23-10(2)16(20)17(12)8-14(19)21-3/h6-7,9-10H,4-5,8H2,1-3H3. The molecule has 124 valence electrons. The van der Waals surface area contributed by atoms with E-state index in [0.717, 1.165) is 6.42 Å². The maximum atomic E-state index is 12.3. The summed E-state index contributed by atoms with van der Waals surface area (Å²) in [5.74, 6) is -0.223. The van der Waals surface area contributed by atoms with Crippen molar-refractivity contribution >= 4 is 23.9 Å². The number of ether oxygens (including phenoxy) is 3. The highest BCUT2D eigenvalue weighted by Gasteiger charge is 2.35. The Bertz CT molecular complexity index is 627. The Hall–Kier alpha value is -2.57. The van der Waals surface area contributed by atoms with Crippen molar-refractivity contribution in [2.45, 2.75) is 26.4 Å². The number of hydrogen-bond donors (Lipinski definition) is 0. The van der Waals surface area contributed by atoms with E-state index in [0.29, 0.717) is 35.6 Å². The molecule has 1 aromatic carbocycles. The first-order valence-corrected chi connectivity index (χ1v) is 7.32. The van der Waals surface area contributed by atoms with Crippen LogP contribution in [-0.4, -0.2) is 44.5 Å². The summed E-state index contributed by atoms with van der Waals surface area (Å²) in [6.45, 7) is 3.72. The number of carbonyl (C=O) groups excluding carboxylic acids is 3. The molecule has 0 N–H and O–H groups in total. The molecule has 1 unspecified atom stereocenters. The minimum absolute atomic E-state index is 0.258. The molecule has 0 aliphatic carbocycles. The maximum absolute atomic E-state index is 12.3. The Balaban J connectivity index is 2.51. The van der Waals surface area contributed by atoms with Gasteiger partial charge in [0.1, 0.15) is 12.8 Å². The van der Waals surface area contributed by atoms with E-state index in [1.807, 2.05) is 6.92 Å². The predicted octanol–water partition coefficient (Wildman–Crippen LogP) is 1.57. The van der Waals surface area contributed by atoms with Crippen molar-refractivity contribution in [3.05, 3.63) is 17.7 Å². The van der Waals surface area contributed by atoms with Crippen molar-refractivity contribution in [2.75, 3.05) is 25.2 Å². The van der Waals surface area contributed by atoms with E-state index in [-0.39, 0.29) is 12.5 Å². The van der Waals surface area contributed by atoms with Gasteiger partial charge in [-0.2, -0.15) is 0 Å². The summed E-state index contributed by atoms with van der Waals surface area (Å²) in [5, 5.41) is 0. The summed E-state index contributed by atoms with van der Waals surface area (Å²) in [6, 6.07) is 3.05. The van der Waals surface area contributed by atoms with E-state index < -0.39 is 12.1 Å². The molecule has 0 fully saturated rings. The maximum Gasteiger partial charge on any atom is 0.325 e. The van der Waals surface area contributed by atoms with Crippen LogP contribution in [0.2, 0.25) is 0 Å². The molecule has 0 radical (unpaired) electrons. The molecule has 0 saturated heterocycles. The van der Waals surface area contributed by atoms with Gasteiger partial charge in [-0.3, -0.25) is 19.3 Å². The summed E-state index contributed by atoms with van der Waals surface area (Å²) in [7, 11) is 1.25. The highest BCUT2D eigenvalue weighted by molar-refractivity contribution is 6.04. The number of benzene rings is 1. The number of methoxy groups -OCH3 is 1. The topological polar surface area (TPSA) is 82.1 Å². The number of carbonyl (C=O) groups is 3. The number of aldehydes is 1. The molecule has 1 atom stereocenters. The summed E-state index contributed by atoms with van der Waals surface area (Å²) in [6.07, 6.45) is 0.663. The molecule has 7 heteroatoms. The van der Waals surface area contributed by atoms with Crippen LogP contribution in [0.3, 0.4) is 0 Å². The van der Waals surface area contributed by atoms with Crippen molar-refractivity contribution in [1.29, 1.82) is 0 Å². The Kier molecular flexibility index (Phi) is 5.20. The van der Waals surface area contributed by atoms with Crippen LogP contribution < -0.4 is 14.4 Å². The highest BCUT2D eigenvalue weighted by atomic mass is 16.5. The number of hydrogen-bond acceptors (Lipinski definition) is 6. The number of anilines is 1. The monoisotopic (exact) mass is 321 g/mol. The molecule has 1 aliphatic heterocycles. The minimum atomic E-state index is -0.766. The smallest absolute Gasteiger partial charge is 0.325 e. The van der Waals surface area contributed by atoms with Crippen LogP contribution in [-0.2, 0) is 14.3 Å². The number of amides is 1. The number of esters is 1. The lowest BCUT2D eigenvalue weighted by atomic mass is 10.1. The fourth-order valence-electron chi connectivity index (χ4n) is 2.24. The zero-order valence-corrected chi connectivity index (χ0v) is 13.3. The molecular formula is C16H19NO6. The van der Waals surface area contributed by atoms with E-state index >= 15 is 0 Å². The average molecular weight is 321 g/mol. The van der Waals surface area contributed by atoms with Gasteiger partial charge in [-0.1, -0.05) is 6.92 Å². The second-order valence-electron chi connectivity index (χ2n) is 5.09. The molecule has 0 spiro atoms. The third-order valence-electron chi connectivity index (χ3n) is 3.37. The largest absolute Gasteiger partial charge is 0.490 e. The van der Waals surface area contributed by atoms with Crippen LogP contribution >= 0.6 is 0 Å². The van der Waals surface area contributed by atoms with Gasteiger partial charge in [-0.05, 0) is 25.5 Å². The number of fused-ring (bicyclic) bond motifs is 1. The van der Waals surface area contributed by atoms with E-state index in [1.165, 1.54) is 18.1 Å². The summed E-state index contributed by atoms with van der Waals surface area (Å²) in [5.41, 5.74) is 0.657. The Morgan fingerprint density at radius 3 is 2.78 bits per heavy atom. The SMILES string of the molecule is CCCOc1cc(C=O)cc2c1OC(C)C(=O)N2CC(=O)OC. The summed E-state index contributed by atoms with van der Waals surface area (Å²) >= 11 is 0. The fraction of sp³-hybridized carbons (Fsp3) is 0.438. The third-order valence-corrected chi connectivity index (χ3v) is 3.37. The lowest BCUT2D eigenvalue weighted by molar-refractivity contribution is -0.140. The van der Waals surface area contributed by atoms with Gasteiger partial charge in [0.15, 0.2) is 17.6 Å². The van der Waals surface area contributed by atoms with Gasteiger partial charge in [-0.15, -0.1) is 0 Å². The summed E-state index contributed by atoms with van der Waals surface area (Å²) in [4.78, 5) is 36.3. The second-order valence-corrected chi connectivity index (χ2v) is 5.09. The van der Waals surface area contributed by atoms with Crippen molar-refractivity contribution in [1.82, 2.24) is 0 Å². The van der Waals surface area contributed by atoms with E-state index in [4.69, 9.17) is 9.47 Å². The van der Waals surface area contributed by atoms with Crippen molar-refractivity contribution < 1.29 is 28.6 Å². The van der Waals surface area contributed by atoms with E-state index in [1.54, 1.807) is 13.0 Å². The van der Waals surface area contributed by atoms with E-state index in [2.05, 4.69) is 4.74 Å². The first-order valence-electron chi connectivity index (χ1n) is 7.32. The molecular weight excluding hydrogens is 302 g/mol. The van der Waals surface area contributed by atoms with Gasteiger partial charge in [0.05, 0.1) is 19.4 Å². The van der Waals surface area contributed by atoms with Crippen LogP contribution in [0.1, 0.15) is 30.6 Å².